The number of amides is 2. The highest BCUT2D eigenvalue weighted by Gasteiger charge is 2.44. The summed E-state index contributed by atoms with van der Waals surface area (Å²) in [6.45, 7) is 2.50. The zero-order valence-electron chi connectivity index (χ0n) is 16.7. The maximum Gasteiger partial charge on any atom is 0.282 e. The maximum atomic E-state index is 13.8. The normalized spacial score (nSPS) is 15.8. The summed E-state index contributed by atoms with van der Waals surface area (Å²) in [6.07, 6.45) is 0.799. The number of carbonyl (C=O) groups is 2. The van der Waals surface area contributed by atoms with Crippen molar-refractivity contribution < 1.29 is 9.59 Å². The summed E-state index contributed by atoms with van der Waals surface area (Å²) in [4.78, 5) is 30.7. The summed E-state index contributed by atoms with van der Waals surface area (Å²) < 4.78 is 0. The van der Waals surface area contributed by atoms with Crippen molar-refractivity contribution in [1.82, 2.24) is 0 Å². The molecule has 0 saturated heterocycles. The number of rotatable bonds is 3. The smallest absolute Gasteiger partial charge is 0.282 e. The second-order valence-electron chi connectivity index (χ2n) is 7.61. The quantitative estimate of drug-likeness (QED) is 0.486. The second-order valence-corrected chi connectivity index (χ2v) is 8.45. The number of carbonyl (C=O) groups excluding carboxylic acids is 2. The first kappa shape index (κ1) is 19.9. The molecule has 0 N–H and O–H groups in total. The Balaban J connectivity index is 1.73. The number of nitrogens with zero attached hydrogens (tertiary/aromatic N) is 2. The SMILES string of the molecule is Cc1ccccc1N1C(=O)C(c2ccc(Cl)cc2Cl)=C(N2CCc3ccccc32)C1=O. The summed E-state index contributed by atoms with van der Waals surface area (Å²) in [5.74, 6) is -0.736. The molecule has 3 aromatic rings. The zero-order valence-corrected chi connectivity index (χ0v) is 18.2. The van der Waals surface area contributed by atoms with Gasteiger partial charge in [-0.1, -0.05) is 65.7 Å². The number of para-hydroxylation sites is 2. The number of anilines is 2. The number of aryl methyl sites for hydroxylation is 1. The van der Waals surface area contributed by atoms with Gasteiger partial charge in [0.05, 0.1) is 16.3 Å². The molecule has 0 saturated carbocycles. The highest BCUT2D eigenvalue weighted by Crippen LogP contribution is 2.42. The van der Waals surface area contributed by atoms with Gasteiger partial charge in [0.1, 0.15) is 5.70 Å². The van der Waals surface area contributed by atoms with Gasteiger partial charge in [0.25, 0.3) is 11.8 Å². The van der Waals surface area contributed by atoms with Crippen molar-refractivity contribution in [2.24, 2.45) is 0 Å². The van der Waals surface area contributed by atoms with Gasteiger partial charge in [-0.15, -0.1) is 0 Å². The fourth-order valence-electron chi connectivity index (χ4n) is 4.31. The minimum atomic E-state index is -0.386. The van der Waals surface area contributed by atoms with Gasteiger partial charge in [0, 0.05) is 22.8 Å². The minimum Gasteiger partial charge on any atom is -0.336 e. The molecule has 5 rings (SSSR count). The van der Waals surface area contributed by atoms with Gasteiger partial charge in [-0.25, -0.2) is 4.90 Å². The third-order valence-electron chi connectivity index (χ3n) is 5.77. The van der Waals surface area contributed by atoms with Gasteiger partial charge >= 0.3 is 0 Å². The maximum absolute atomic E-state index is 13.8. The molecule has 2 amide bonds. The van der Waals surface area contributed by atoms with Gasteiger partial charge in [-0.2, -0.15) is 0 Å². The van der Waals surface area contributed by atoms with Crippen molar-refractivity contribution >= 4 is 52.0 Å². The van der Waals surface area contributed by atoms with Crippen LogP contribution in [0, 0.1) is 6.92 Å². The van der Waals surface area contributed by atoms with Gasteiger partial charge in [-0.05, 0) is 48.7 Å². The second kappa shape index (κ2) is 7.56. The molecule has 154 valence electrons. The summed E-state index contributed by atoms with van der Waals surface area (Å²) in [6, 6.07) is 20.3. The Kier molecular flexibility index (Phi) is 4.84. The Bertz CT molecular complexity index is 1280. The molecular weight excluding hydrogens is 431 g/mol. The third kappa shape index (κ3) is 3.14. The molecule has 0 spiro atoms. The fourth-order valence-corrected chi connectivity index (χ4v) is 4.81. The molecule has 0 aliphatic carbocycles. The van der Waals surface area contributed by atoms with Crippen molar-refractivity contribution in [3.63, 3.8) is 0 Å². The Morgan fingerprint density at radius 2 is 1.55 bits per heavy atom. The lowest BCUT2D eigenvalue weighted by Gasteiger charge is -2.22. The molecule has 2 aliphatic rings. The van der Waals surface area contributed by atoms with Gasteiger partial charge < -0.3 is 4.90 Å². The van der Waals surface area contributed by atoms with Gasteiger partial charge in [0.2, 0.25) is 0 Å². The number of imide groups is 1. The van der Waals surface area contributed by atoms with Crippen LogP contribution >= 0.6 is 23.2 Å². The molecule has 2 aliphatic heterocycles. The van der Waals surface area contributed by atoms with E-state index >= 15 is 0 Å². The van der Waals surface area contributed by atoms with Gasteiger partial charge in [-0.3, -0.25) is 9.59 Å². The molecular formula is C25H18Cl2N2O2. The first-order chi connectivity index (χ1) is 15.0. The average molecular weight is 449 g/mol. The molecule has 6 heteroatoms. The molecule has 2 heterocycles. The topological polar surface area (TPSA) is 40.6 Å². The minimum absolute atomic E-state index is 0.298. The van der Waals surface area contributed by atoms with E-state index in [1.54, 1.807) is 24.3 Å². The molecule has 0 aromatic heterocycles. The molecule has 0 fully saturated rings. The van der Waals surface area contributed by atoms with E-state index in [-0.39, 0.29) is 11.8 Å². The van der Waals surface area contributed by atoms with Crippen LogP contribution in [0.15, 0.2) is 72.4 Å². The van der Waals surface area contributed by atoms with E-state index in [1.807, 2.05) is 54.3 Å². The molecule has 4 nitrogen and oxygen atoms in total. The zero-order chi connectivity index (χ0) is 21.7. The van der Waals surface area contributed by atoms with Crippen molar-refractivity contribution in [3.8, 4) is 0 Å². The van der Waals surface area contributed by atoms with E-state index < -0.39 is 0 Å². The lowest BCUT2D eigenvalue weighted by atomic mass is 10.0. The van der Waals surface area contributed by atoms with E-state index in [2.05, 4.69) is 0 Å². The summed E-state index contributed by atoms with van der Waals surface area (Å²) >= 11 is 12.6. The van der Waals surface area contributed by atoms with Crippen LogP contribution < -0.4 is 9.80 Å². The van der Waals surface area contributed by atoms with Gasteiger partial charge in [0.15, 0.2) is 0 Å². The Hall–Kier alpha value is -3.08. The van der Waals surface area contributed by atoms with Crippen molar-refractivity contribution in [3.05, 3.63) is 99.2 Å². The average Bonchev–Trinajstić information content (AvgIpc) is 3.27. The summed E-state index contributed by atoms with van der Waals surface area (Å²) in [5.41, 5.74) is 4.64. The van der Waals surface area contributed by atoms with E-state index in [9.17, 15) is 9.59 Å². The Labute approximate surface area is 190 Å². The van der Waals surface area contributed by atoms with Crippen molar-refractivity contribution in [1.29, 1.82) is 0 Å². The number of halogens is 2. The monoisotopic (exact) mass is 448 g/mol. The highest BCUT2D eigenvalue weighted by atomic mass is 35.5. The summed E-state index contributed by atoms with van der Waals surface area (Å²) in [7, 11) is 0. The lowest BCUT2D eigenvalue weighted by molar-refractivity contribution is -0.120. The van der Waals surface area contributed by atoms with Crippen LogP contribution in [0.5, 0.6) is 0 Å². The predicted molar refractivity (Wildman–Crippen MR) is 125 cm³/mol. The molecule has 0 radical (unpaired) electrons. The van der Waals surface area contributed by atoms with E-state index in [4.69, 9.17) is 23.2 Å². The molecule has 31 heavy (non-hydrogen) atoms. The lowest BCUT2D eigenvalue weighted by Crippen LogP contribution is -2.35. The molecule has 3 aromatic carbocycles. The van der Waals surface area contributed by atoms with Crippen LogP contribution in [0.25, 0.3) is 5.57 Å². The van der Waals surface area contributed by atoms with E-state index in [0.29, 0.717) is 39.1 Å². The summed E-state index contributed by atoms with van der Waals surface area (Å²) in [5, 5.41) is 0.801. The number of hydrogen-bond acceptors (Lipinski definition) is 3. The fraction of sp³-hybridized carbons (Fsp3) is 0.120. The van der Waals surface area contributed by atoms with Crippen LogP contribution in [0.1, 0.15) is 16.7 Å². The Morgan fingerprint density at radius 3 is 2.29 bits per heavy atom. The van der Waals surface area contributed by atoms with Crippen molar-refractivity contribution in [2.45, 2.75) is 13.3 Å². The van der Waals surface area contributed by atoms with Crippen LogP contribution in [-0.4, -0.2) is 18.4 Å². The Morgan fingerprint density at radius 1 is 0.839 bits per heavy atom. The first-order valence-electron chi connectivity index (χ1n) is 9.97. The number of benzene rings is 3. The predicted octanol–water partition coefficient (Wildman–Crippen LogP) is 5.65. The highest BCUT2D eigenvalue weighted by molar-refractivity contribution is 6.48. The van der Waals surface area contributed by atoms with E-state index in [0.717, 1.165) is 23.2 Å². The number of fused-ring (bicyclic) bond motifs is 1. The molecule has 0 bridgehead atoms. The van der Waals surface area contributed by atoms with Crippen molar-refractivity contribution in [2.75, 3.05) is 16.3 Å². The van der Waals surface area contributed by atoms with Crippen LogP contribution in [0.3, 0.4) is 0 Å². The van der Waals surface area contributed by atoms with Crippen LogP contribution in [0.4, 0.5) is 11.4 Å². The molecule has 0 atom stereocenters. The number of hydrogen-bond donors (Lipinski definition) is 0. The van der Waals surface area contributed by atoms with Crippen LogP contribution in [-0.2, 0) is 16.0 Å². The molecule has 0 unspecified atom stereocenters. The standard InChI is InChI=1S/C25H18Cl2N2O2/c1-15-6-2-4-8-20(15)29-24(30)22(18-11-10-17(26)14-19(18)27)23(25(29)31)28-13-12-16-7-3-5-9-21(16)28/h2-11,14H,12-13H2,1H3. The first-order valence-corrected chi connectivity index (χ1v) is 10.7. The third-order valence-corrected chi connectivity index (χ3v) is 6.32. The van der Waals surface area contributed by atoms with Crippen LogP contribution in [0.2, 0.25) is 10.0 Å². The largest absolute Gasteiger partial charge is 0.336 e. The van der Waals surface area contributed by atoms with E-state index in [1.165, 1.54) is 4.90 Å².